The van der Waals surface area contributed by atoms with Crippen LogP contribution in [0.4, 0.5) is 0 Å². The molecule has 0 spiro atoms. The van der Waals surface area contributed by atoms with E-state index in [-0.39, 0.29) is 6.04 Å². The molecule has 0 saturated heterocycles. The molecule has 1 aliphatic carbocycles. The minimum absolute atomic E-state index is 0.174. The van der Waals surface area contributed by atoms with Gasteiger partial charge in [0.1, 0.15) is 0 Å². The van der Waals surface area contributed by atoms with E-state index in [1.54, 1.807) is 0 Å². The third-order valence-corrected chi connectivity index (χ3v) is 2.41. The average molecular weight is 189 g/mol. The van der Waals surface area contributed by atoms with Gasteiger partial charge in [0.2, 0.25) is 6.41 Å². The van der Waals surface area contributed by atoms with Crippen molar-refractivity contribution in [2.24, 2.45) is 5.92 Å². The molecule has 0 aromatic heterocycles. The summed E-state index contributed by atoms with van der Waals surface area (Å²) in [5.41, 5.74) is 0. The molecule has 3 N–H and O–H groups in total. The van der Waals surface area contributed by atoms with Crippen LogP contribution in [0, 0.1) is 5.92 Å². The van der Waals surface area contributed by atoms with Crippen molar-refractivity contribution in [3.8, 4) is 0 Å². The fourth-order valence-electron chi connectivity index (χ4n) is 1.71. The molecule has 5 heteroatoms. The first-order valence-corrected chi connectivity index (χ1v) is 4.35. The number of carbonyl (C=O) groups is 1. The lowest BCUT2D eigenvalue weighted by atomic mass is 10.0. The number of carboxylic acids is 1. The molecule has 76 valence electrons. The van der Waals surface area contributed by atoms with Crippen LogP contribution in [0.2, 0.25) is 0 Å². The van der Waals surface area contributed by atoms with Crippen molar-refractivity contribution in [3.05, 3.63) is 0 Å². The summed E-state index contributed by atoms with van der Waals surface area (Å²) in [5.74, 6) is -1.21. The molecule has 1 aliphatic rings. The fraction of sp³-hybridized carbons (Fsp3) is 0.875. The second-order valence-corrected chi connectivity index (χ2v) is 3.24. The number of hydrogen-bond donors (Lipinski definition) is 3. The fourth-order valence-corrected chi connectivity index (χ4v) is 1.71. The van der Waals surface area contributed by atoms with E-state index in [1.807, 2.05) is 0 Å². The molecular formula is C8H15NO4. The van der Waals surface area contributed by atoms with Crippen molar-refractivity contribution in [1.82, 2.24) is 5.32 Å². The Balaban J connectivity index is 2.44. The summed E-state index contributed by atoms with van der Waals surface area (Å²) in [5, 5.41) is 20.6. The zero-order valence-electron chi connectivity index (χ0n) is 7.56. The van der Waals surface area contributed by atoms with Crippen molar-refractivity contribution in [2.75, 3.05) is 7.11 Å². The van der Waals surface area contributed by atoms with Crippen molar-refractivity contribution >= 4 is 5.97 Å². The summed E-state index contributed by atoms with van der Waals surface area (Å²) in [6, 6.07) is -0.174. The molecule has 3 atom stereocenters. The zero-order valence-corrected chi connectivity index (χ0v) is 7.56. The van der Waals surface area contributed by atoms with Gasteiger partial charge in [0.15, 0.2) is 0 Å². The molecule has 1 fully saturated rings. The lowest BCUT2D eigenvalue weighted by molar-refractivity contribution is -0.144. The second-order valence-electron chi connectivity index (χ2n) is 3.24. The van der Waals surface area contributed by atoms with Crippen LogP contribution in [0.5, 0.6) is 0 Å². The van der Waals surface area contributed by atoms with Gasteiger partial charge in [0.05, 0.1) is 5.92 Å². The molecule has 1 saturated carbocycles. The van der Waals surface area contributed by atoms with Gasteiger partial charge in [-0.3, -0.25) is 10.1 Å². The molecule has 3 unspecified atom stereocenters. The van der Waals surface area contributed by atoms with Gasteiger partial charge >= 0.3 is 5.97 Å². The highest BCUT2D eigenvalue weighted by Crippen LogP contribution is 2.25. The molecular weight excluding hydrogens is 174 g/mol. The normalized spacial score (nSPS) is 30.3. The predicted molar refractivity (Wildman–Crippen MR) is 44.9 cm³/mol. The third-order valence-electron chi connectivity index (χ3n) is 2.41. The van der Waals surface area contributed by atoms with Gasteiger partial charge in [-0.2, -0.15) is 0 Å². The van der Waals surface area contributed by atoms with Crippen LogP contribution in [0.1, 0.15) is 19.3 Å². The van der Waals surface area contributed by atoms with Gasteiger partial charge in [-0.15, -0.1) is 0 Å². The van der Waals surface area contributed by atoms with Gasteiger partial charge in [0.25, 0.3) is 0 Å². The van der Waals surface area contributed by atoms with E-state index in [2.05, 4.69) is 10.1 Å². The minimum Gasteiger partial charge on any atom is -0.481 e. The molecule has 0 heterocycles. The Morgan fingerprint density at radius 2 is 2.31 bits per heavy atom. The van der Waals surface area contributed by atoms with Crippen LogP contribution in [-0.4, -0.2) is 35.7 Å². The van der Waals surface area contributed by atoms with E-state index in [0.29, 0.717) is 6.42 Å². The first kappa shape index (κ1) is 10.4. The van der Waals surface area contributed by atoms with Gasteiger partial charge in [0, 0.05) is 13.2 Å². The smallest absolute Gasteiger partial charge is 0.308 e. The standard InChI is InChI=1S/C8H15NO4/c1-13-8(12)9-6-4-2-3-5(6)7(10)11/h5-6,8-9,12H,2-4H2,1H3,(H,10,11). The van der Waals surface area contributed by atoms with E-state index in [1.165, 1.54) is 7.11 Å². The van der Waals surface area contributed by atoms with E-state index >= 15 is 0 Å². The number of hydrogen-bond acceptors (Lipinski definition) is 4. The summed E-state index contributed by atoms with van der Waals surface area (Å²) < 4.78 is 4.59. The van der Waals surface area contributed by atoms with E-state index in [4.69, 9.17) is 10.2 Å². The Hall–Kier alpha value is -0.650. The number of rotatable bonds is 4. The Morgan fingerprint density at radius 1 is 1.62 bits per heavy atom. The Bertz CT molecular complexity index is 185. The molecule has 0 amide bonds. The largest absolute Gasteiger partial charge is 0.481 e. The molecule has 0 aromatic rings. The van der Waals surface area contributed by atoms with Crippen molar-refractivity contribution in [1.29, 1.82) is 0 Å². The highest BCUT2D eigenvalue weighted by atomic mass is 16.6. The lowest BCUT2D eigenvalue weighted by Gasteiger charge is -2.20. The van der Waals surface area contributed by atoms with E-state index in [0.717, 1.165) is 12.8 Å². The van der Waals surface area contributed by atoms with Crippen LogP contribution in [0.25, 0.3) is 0 Å². The van der Waals surface area contributed by atoms with Gasteiger partial charge in [-0.1, -0.05) is 6.42 Å². The number of aliphatic carboxylic acids is 1. The topological polar surface area (TPSA) is 78.8 Å². The van der Waals surface area contributed by atoms with Crippen LogP contribution in [0.3, 0.4) is 0 Å². The lowest BCUT2D eigenvalue weighted by Crippen LogP contribution is -2.43. The maximum atomic E-state index is 10.7. The quantitative estimate of drug-likeness (QED) is 0.531. The molecule has 1 rings (SSSR count). The number of carboxylic acid groups (broad SMARTS) is 1. The molecule has 5 nitrogen and oxygen atoms in total. The van der Waals surface area contributed by atoms with E-state index < -0.39 is 18.3 Å². The minimum atomic E-state index is -1.06. The van der Waals surface area contributed by atoms with Crippen molar-refractivity contribution < 1.29 is 19.7 Å². The van der Waals surface area contributed by atoms with Gasteiger partial charge in [-0.05, 0) is 12.8 Å². The summed E-state index contributed by atoms with van der Waals surface area (Å²) in [6.45, 7) is 0. The predicted octanol–water partition coefficient (Wildman–Crippen LogP) is -0.248. The van der Waals surface area contributed by atoms with Crippen LogP contribution in [-0.2, 0) is 9.53 Å². The number of aliphatic hydroxyl groups is 1. The second kappa shape index (κ2) is 4.55. The average Bonchev–Trinajstić information content (AvgIpc) is 2.52. The van der Waals surface area contributed by atoms with Gasteiger partial charge < -0.3 is 14.9 Å². The number of nitrogens with one attached hydrogen (secondary N) is 1. The Labute approximate surface area is 76.7 Å². The van der Waals surface area contributed by atoms with Gasteiger partial charge in [-0.25, -0.2) is 0 Å². The maximum absolute atomic E-state index is 10.7. The first-order chi connectivity index (χ1) is 6.15. The first-order valence-electron chi connectivity index (χ1n) is 4.35. The Kier molecular flexibility index (Phi) is 3.65. The monoisotopic (exact) mass is 189 g/mol. The molecule has 0 aliphatic heterocycles. The zero-order chi connectivity index (χ0) is 9.84. The summed E-state index contributed by atoms with van der Waals surface area (Å²) in [4.78, 5) is 10.7. The van der Waals surface area contributed by atoms with E-state index in [9.17, 15) is 4.79 Å². The van der Waals surface area contributed by atoms with Crippen molar-refractivity contribution in [3.63, 3.8) is 0 Å². The summed E-state index contributed by atoms with van der Waals surface area (Å²) >= 11 is 0. The molecule has 13 heavy (non-hydrogen) atoms. The summed E-state index contributed by atoms with van der Waals surface area (Å²) in [7, 11) is 1.36. The number of aliphatic hydroxyl groups excluding tert-OH is 1. The highest BCUT2D eigenvalue weighted by molar-refractivity contribution is 5.71. The van der Waals surface area contributed by atoms with Crippen LogP contribution in [0.15, 0.2) is 0 Å². The highest BCUT2D eigenvalue weighted by Gasteiger charge is 2.33. The SMILES string of the molecule is COC(O)NC1CCCC1C(=O)O. The maximum Gasteiger partial charge on any atom is 0.308 e. The third kappa shape index (κ3) is 2.65. The van der Waals surface area contributed by atoms with Crippen molar-refractivity contribution in [2.45, 2.75) is 31.7 Å². The number of methoxy groups -OCH3 is 1. The van der Waals surface area contributed by atoms with Crippen LogP contribution >= 0.6 is 0 Å². The van der Waals surface area contributed by atoms with Crippen LogP contribution < -0.4 is 5.32 Å². The molecule has 0 radical (unpaired) electrons. The summed E-state index contributed by atoms with van der Waals surface area (Å²) in [6.07, 6.45) is 1.26. The number of ether oxygens (including phenoxy) is 1. The molecule has 0 bridgehead atoms. The Morgan fingerprint density at radius 3 is 2.85 bits per heavy atom. The molecule has 0 aromatic carbocycles.